The standard InChI is InChI=1S/C16H20ClNO2/c1-2-18(11-12-5-3-6-12)15-8-4-7-14(17)13(15)9-10-16(19)20/h4,7-10,12H,2-3,5-6,11H2,1H3,(H,19,20)/b10-9+. The summed E-state index contributed by atoms with van der Waals surface area (Å²) in [5, 5.41) is 9.39. The van der Waals surface area contributed by atoms with Crippen molar-refractivity contribution < 1.29 is 9.90 Å². The van der Waals surface area contributed by atoms with Crippen molar-refractivity contribution in [2.75, 3.05) is 18.0 Å². The minimum Gasteiger partial charge on any atom is -0.478 e. The lowest BCUT2D eigenvalue weighted by molar-refractivity contribution is -0.131. The fraction of sp³-hybridized carbons (Fsp3) is 0.438. The Bertz CT molecular complexity index is 509. The second-order valence-electron chi connectivity index (χ2n) is 5.18. The van der Waals surface area contributed by atoms with E-state index in [0.29, 0.717) is 5.02 Å². The van der Waals surface area contributed by atoms with Crippen molar-refractivity contribution in [2.24, 2.45) is 5.92 Å². The Kier molecular flexibility index (Phi) is 5.07. The SMILES string of the molecule is CCN(CC1CCC1)c1cccc(Cl)c1/C=C/C(=O)O. The number of carboxylic acids is 1. The third-order valence-electron chi connectivity index (χ3n) is 3.85. The topological polar surface area (TPSA) is 40.5 Å². The smallest absolute Gasteiger partial charge is 0.328 e. The highest BCUT2D eigenvalue weighted by Crippen LogP contribution is 2.33. The van der Waals surface area contributed by atoms with Gasteiger partial charge in [0.25, 0.3) is 0 Å². The van der Waals surface area contributed by atoms with Gasteiger partial charge in [0, 0.05) is 35.4 Å². The molecule has 0 amide bonds. The number of carboxylic acid groups (broad SMARTS) is 1. The molecule has 0 aromatic heterocycles. The number of benzene rings is 1. The molecule has 2 rings (SSSR count). The molecule has 3 nitrogen and oxygen atoms in total. The average Bonchev–Trinajstić information content (AvgIpc) is 2.36. The monoisotopic (exact) mass is 293 g/mol. The van der Waals surface area contributed by atoms with Crippen LogP contribution in [0.3, 0.4) is 0 Å². The van der Waals surface area contributed by atoms with Crippen molar-refractivity contribution in [3.8, 4) is 0 Å². The van der Waals surface area contributed by atoms with Crippen LogP contribution >= 0.6 is 11.6 Å². The van der Waals surface area contributed by atoms with E-state index in [-0.39, 0.29) is 0 Å². The van der Waals surface area contributed by atoms with Gasteiger partial charge in [0.15, 0.2) is 0 Å². The van der Waals surface area contributed by atoms with Crippen LogP contribution in [-0.2, 0) is 4.79 Å². The molecule has 1 N–H and O–H groups in total. The fourth-order valence-electron chi connectivity index (χ4n) is 2.51. The highest BCUT2D eigenvalue weighted by Gasteiger charge is 2.21. The Hall–Kier alpha value is -1.48. The van der Waals surface area contributed by atoms with Crippen molar-refractivity contribution in [3.05, 3.63) is 34.9 Å². The first-order valence-corrected chi connectivity index (χ1v) is 7.44. The van der Waals surface area contributed by atoms with Gasteiger partial charge >= 0.3 is 5.97 Å². The van der Waals surface area contributed by atoms with Gasteiger partial charge in [-0.05, 0) is 43.9 Å². The number of nitrogens with zero attached hydrogens (tertiary/aromatic N) is 1. The van der Waals surface area contributed by atoms with Crippen LogP contribution < -0.4 is 4.90 Å². The average molecular weight is 294 g/mol. The number of rotatable bonds is 6. The van der Waals surface area contributed by atoms with E-state index in [4.69, 9.17) is 16.7 Å². The van der Waals surface area contributed by atoms with Crippen LogP contribution in [0.15, 0.2) is 24.3 Å². The van der Waals surface area contributed by atoms with Crippen molar-refractivity contribution in [3.63, 3.8) is 0 Å². The van der Waals surface area contributed by atoms with Gasteiger partial charge in [-0.15, -0.1) is 0 Å². The van der Waals surface area contributed by atoms with E-state index < -0.39 is 5.97 Å². The second-order valence-corrected chi connectivity index (χ2v) is 5.59. The molecule has 0 heterocycles. The van der Waals surface area contributed by atoms with Crippen LogP contribution in [0.1, 0.15) is 31.7 Å². The van der Waals surface area contributed by atoms with E-state index in [9.17, 15) is 4.79 Å². The molecule has 0 saturated heterocycles. The molecule has 20 heavy (non-hydrogen) atoms. The molecule has 0 atom stereocenters. The van der Waals surface area contributed by atoms with Crippen molar-refractivity contribution in [1.29, 1.82) is 0 Å². The first-order chi connectivity index (χ1) is 9.61. The van der Waals surface area contributed by atoms with Crippen molar-refractivity contribution in [1.82, 2.24) is 0 Å². The van der Waals surface area contributed by atoms with Crippen molar-refractivity contribution in [2.45, 2.75) is 26.2 Å². The summed E-state index contributed by atoms with van der Waals surface area (Å²) >= 11 is 6.23. The maximum atomic E-state index is 10.7. The molecular formula is C16H20ClNO2. The number of hydrogen-bond acceptors (Lipinski definition) is 2. The summed E-state index contributed by atoms with van der Waals surface area (Å²) in [6.07, 6.45) is 6.63. The van der Waals surface area contributed by atoms with Gasteiger partial charge < -0.3 is 10.0 Å². The Morgan fingerprint density at radius 1 is 1.50 bits per heavy atom. The summed E-state index contributed by atoms with van der Waals surface area (Å²) in [4.78, 5) is 13.0. The number of hydrogen-bond donors (Lipinski definition) is 1. The summed E-state index contributed by atoms with van der Waals surface area (Å²) in [7, 11) is 0. The lowest BCUT2D eigenvalue weighted by atomic mass is 9.85. The summed E-state index contributed by atoms with van der Waals surface area (Å²) in [6.45, 7) is 4.03. The largest absolute Gasteiger partial charge is 0.478 e. The van der Waals surface area contributed by atoms with E-state index in [1.165, 1.54) is 19.3 Å². The predicted molar refractivity (Wildman–Crippen MR) is 83.3 cm³/mol. The van der Waals surface area contributed by atoms with Gasteiger partial charge in [-0.1, -0.05) is 24.1 Å². The summed E-state index contributed by atoms with van der Waals surface area (Å²) in [6, 6.07) is 5.72. The van der Waals surface area contributed by atoms with Crippen LogP contribution in [0.5, 0.6) is 0 Å². The van der Waals surface area contributed by atoms with Crippen LogP contribution in [0.2, 0.25) is 5.02 Å². The molecule has 1 aromatic carbocycles. The second kappa shape index (κ2) is 6.80. The van der Waals surface area contributed by atoms with Gasteiger partial charge in [0.1, 0.15) is 0 Å². The summed E-state index contributed by atoms with van der Waals surface area (Å²) in [5.41, 5.74) is 1.81. The first-order valence-electron chi connectivity index (χ1n) is 7.06. The zero-order valence-corrected chi connectivity index (χ0v) is 12.4. The number of aliphatic carboxylic acids is 1. The third-order valence-corrected chi connectivity index (χ3v) is 4.18. The van der Waals surface area contributed by atoms with E-state index in [2.05, 4.69) is 11.8 Å². The maximum absolute atomic E-state index is 10.7. The Morgan fingerprint density at radius 2 is 2.25 bits per heavy atom. The molecule has 0 spiro atoms. The molecular weight excluding hydrogens is 274 g/mol. The summed E-state index contributed by atoms with van der Waals surface area (Å²) < 4.78 is 0. The molecule has 1 aliphatic rings. The van der Waals surface area contributed by atoms with Gasteiger partial charge in [-0.3, -0.25) is 0 Å². The molecule has 1 aromatic rings. The van der Waals surface area contributed by atoms with E-state index in [1.807, 2.05) is 12.1 Å². The molecule has 1 aliphatic carbocycles. The van der Waals surface area contributed by atoms with Gasteiger partial charge in [-0.2, -0.15) is 0 Å². The molecule has 0 unspecified atom stereocenters. The van der Waals surface area contributed by atoms with Gasteiger partial charge in [0.2, 0.25) is 0 Å². The fourth-order valence-corrected chi connectivity index (χ4v) is 2.74. The van der Waals surface area contributed by atoms with Crippen LogP contribution in [-0.4, -0.2) is 24.2 Å². The van der Waals surface area contributed by atoms with E-state index >= 15 is 0 Å². The molecule has 108 valence electrons. The van der Waals surface area contributed by atoms with E-state index in [1.54, 1.807) is 12.1 Å². The molecule has 4 heteroatoms. The first kappa shape index (κ1) is 14.9. The summed E-state index contributed by atoms with van der Waals surface area (Å²) in [5.74, 6) is -0.205. The number of anilines is 1. The minimum atomic E-state index is -0.960. The molecule has 1 fully saturated rings. The van der Waals surface area contributed by atoms with Crippen LogP contribution in [0, 0.1) is 5.92 Å². The molecule has 0 radical (unpaired) electrons. The lowest BCUT2D eigenvalue weighted by Crippen LogP contribution is -2.32. The van der Waals surface area contributed by atoms with Crippen LogP contribution in [0.25, 0.3) is 6.08 Å². The van der Waals surface area contributed by atoms with Crippen LogP contribution in [0.4, 0.5) is 5.69 Å². The lowest BCUT2D eigenvalue weighted by Gasteiger charge is -2.34. The Balaban J connectivity index is 2.27. The predicted octanol–water partition coefficient (Wildman–Crippen LogP) is 4.06. The highest BCUT2D eigenvalue weighted by atomic mass is 35.5. The Morgan fingerprint density at radius 3 is 2.80 bits per heavy atom. The molecule has 0 bridgehead atoms. The van der Waals surface area contributed by atoms with Gasteiger partial charge in [-0.25, -0.2) is 4.79 Å². The highest BCUT2D eigenvalue weighted by molar-refractivity contribution is 6.32. The van der Waals surface area contributed by atoms with Crippen molar-refractivity contribution >= 4 is 29.3 Å². The van der Waals surface area contributed by atoms with E-state index in [0.717, 1.165) is 36.3 Å². The number of halogens is 1. The molecule has 0 aliphatic heterocycles. The third kappa shape index (κ3) is 3.54. The zero-order chi connectivity index (χ0) is 14.5. The normalized spacial score (nSPS) is 15.3. The quantitative estimate of drug-likeness (QED) is 0.804. The zero-order valence-electron chi connectivity index (χ0n) is 11.7. The maximum Gasteiger partial charge on any atom is 0.328 e. The number of carbonyl (C=O) groups is 1. The Labute approximate surface area is 124 Å². The molecule has 1 saturated carbocycles. The van der Waals surface area contributed by atoms with Gasteiger partial charge in [0.05, 0.1) is 0 Å². The minimum absolute atomic E-state index is 0.590.